The number of rotatable bonds is 7. The van der Waals surface area contributed by atoms with Crippen molar-refractivity contribution in [2.75, 3.05) is 4.90 Å². The van der Waals surface area contributed by atoms with Gasteiger partial charge in [0.2, 0.25) is 0 Å². The third-order valence-electron chi connectivity index (χ3n) is 13.6. The highest BCUT2D eigenvalue weighted by Gasteiger charge is 2.36. The van der Waals surface area contributed by atoms with Crippen molar-refractivity contribution < 1.29 is 14.3 Å². The molecule has 2 aromatic heterocycles. The minimum atomic E-state index is -0.293. The quantitative estimate of drug-likeness (QED) is 0.160. The van der Waals surface area contributed by atoms with Crippen LogP contribution in [0, 0.1) is 0 Å². The summed E-state index contributed by atoms with van der Waals surface area (Å²) >= 11 is 0. The molecule has 0 aliphatic heterocycles. The molecule has 312 valence electrons. The zero-order chi connectivity index (χ0) is 47.4. The Labute approximate surface area is 389 Å². The molecule has 0 spiro atoms. The van der Waals surface area contributed by atoms with Gasteiger partial charge in [-0.05, 0) is 92.5 Å². The molecule has 0 saturated heterocycles. The highest BCUT2D eigenvalue weighted by Crippen LogP contribution is 2.52. The Morgan fingerprint density at radius 3 is 1.55 bits per heavy atom. The first-order valence-corrected chi connectivity index (χ1v) is 22.4. The van der Waals surface area contributed by atoms with E-state index in [0.717, 1.165) is 66.3 Å². The van der Waals surface area contributed by atoms with Crippen molar-refractivity contribution in [3.8, 4) is 55.6 Å². The van der Waals surface area contributed by atoms with Gasteiger partial charge in [-0.2, -0.15) is 0 Å². The first-order chi connectivity index (χ1) is 34.2. The van der Waals surface area contributed by atoms with Crippen molar-refractivity contribution in [3.63, 3.8) is 0 Å². The van der Waals surface area contributed by atoms with Gasteiger partial charge < -0.3 is 13.7 Å². The number of anilines is 3. The fourth-order valence-corrected chi connectivity index (χ4v) is 10.3. The number of nitrogens with zero attached hydrogens (tertiary/aromatic N) is 1. The molecule has 3 nitrogen and oxygen atoms in total. The zero-order valence-corrected chi connectivity index (χ0v) is 36.3. The van der Waals surface area contributed by atoms with Crippen LogP contribution in [0.3, 0.4) is 0 Å². The van der Waals surface area contributed by atoms with Gasteiger partial charge in [-0.25, -0.2) is 0 Å². The fraction of sp³-hybridized carbons (Fsp3) is 0.0476. The molecule has 12 aromatic rings. The molecule has 0 unspecified atom stereocenters. The standard InChI is InChI=1S/C63H43NO2/c1-63(2)56-23-9-6-16-50(56)51-37-35-46(39-57(51)63)64(45-33-30-43(31-34-45)49-20-13-22-55-53-18-8-11-25-60(53)66-62(49)55)58-38-44(40-14-4-3-5-15-40)32-36-47(58)41-26-28-42(29-27-41)48-19-12-21-54-52-17-7-10-24-59(52)65-61(48)54/h3-39H,1-2H3/i26D,27D,28D,29D. The van der Waals surface area contributed by atoms with E-state index in [4.69, 9.17) is 8.83 Å². The molecule has 0 bridgehead atoms. The molecular formula is C63H43NO2. The van der Waals surface area contributed by atoms with E-state index in [1.54, 1.807) is 0 Å². The van der Waals surface area contributed by atoms with Crippen molar-refractivity contribution in [2.45, 2.75) is 19.3 Å². The van der Waals surface area contributed by atoms with E-state index >= 15 is 0 Å². The van der Waals surface area contributed by atoms with Crippen molar-refractivity contribution in [2.24, 2.45) is 0 Å². The summed E-state index contributed by atoms with van der Waals surface area (Å²) < 4.78 is 52.0. The Balaban J connectivity index is 1.04. The van der Waals surface area contributed by atoms with Crippen molar-refractivity contribution in [3.05, 3.63) is 235 Å². The molecule has 1 aliphatic rings. The van der Waals surface area contributed by atoms with Crippen LogP contribution in [0.4, 0.5) is 17.1 Å². The van der Waals surface area contributed by atoms with Crippen LogP contribution < -0.4 is 4.90 Å². The van der Waals surface area contributed by atoms with E-state index in [-0.39, 0.29) is 40.7 Å². The van der Waals surface area contributed by atoms with E-state index in [2.05, 4.69) is 128 Å². The molecular weight excluding hydrogens is 803 g/mol. The topological polar surface area (TPSA) is 29.5 Å². The molecule has 1 aliphatic carbocycles. The summed E-state index contributed by atoms with van der Waals surface area (Å²) in [5.74, 6) is 0. The predicted octanol–water partition coefficient (Wildman–Crippen LogP) is 17.9. The molecule has 2 heterocycles. The highest BCUT2D eigenvalue weighted by molar-refractivity contribution is 6.11. The Bertz CT molecular complexity index is 4060. The number of benzene rings is 10. The molecule has 0 radical (unpaired) electrons. The van der Waals surface area contributed by atoms with Gasteiger partial charge in [0.25, 0.3) is 0 Å². The molecule has 0 atom stereocenters. The molecule has 0 fully saturated rings. The Morgan fingerprint density at radius 1 is 0.364 bits per heavy atom. The Morgan fingerprint density at radius 2 is 0.864 bits per heavy atom. The van der Waals surface area contributed by atoms with Gasteiger partial charge >= 0.3 is 0 Å². The Hall–Kier alpha value is -8.40. The molecule has 0 N–H and O–H groups in total. The van der Waals surface area contributed by atoms with Gasteiger partial charge in [-0.15, -0.1) is 0 Å². The van der Waals surface area contributed by atoms with Crippen LogP contribution >= 0.6 is 0 Å². The fourth-order valence-electron chi connectivity index (χ4n) is 10.3. The van der Waals surface area contributed by atoms with Crippen molar-refractivity contribution >= 4 is 60.9 Å². The average molecular weight is 850 g/mol. The summed E-state index contributed by atoms with van der Waals surface area (Å²) in [5.41, 5.74) is 15.3. The predicted molar refractivity (Wildman–Crippen MR) is 275 cm³/mol. The molecule has 10 aromatic carbocycles. The number of hydrogen-bond acceptors (Lipinski definition) is 3. The van der Waals surface area contributed by atoms with Crippen LogP contribution in [0.1, 0.15) is 30.5 Å². The number of fused-ring (bicyclic) bond motifs is 9. The Kier molecular flexibility index (Phi) is 7.66. The summed E-state index contributed by atoms with van der Waals surface area (Å²) in [5, 5.41) is 3.91. The molecule has 13 rings (SSSR count). The van der Waals surface area contributed by atoms with Gasteiger partial charge in [-0.1, -0.05) is 196 Å². The summed E-state index contributed by atoms with van der Waals surface area (Å²) in [6.07, 6.45) is 0. The minimum Gasteiger partial charge on any atom is -0.455 e. The lowest BCUT2D eigenvalue weighted by molar-refractivity contribution is 0.660. The van der Waals surface area contributed by atoms with Crippen LogP contribution in [-0.4, -0.2) is 0 Å². The molecule has 3 heteroatoms. The smallest absolute Gasteiger partial charge is 0.143 e. The lowest BCUT2D eigenvalue weighted by Crippen LogP contribution is -2.17. The van der Waals surface area contributed by atoms with Crippen LogP contribution in [0.15, 0.2) is 233 Å². The monoisotopic (exact) mass is 849 g/mol. The normalized spacial score (nSPS) is 13.7. The maximum atomic E-state index is 9.85. The third-order valence-corrected chi connectivity index (χ3v) is 13.6. The zero-order valence-electron chi connectivity index (χ0n) is 40.3. The maximum absolute atomic E-state index is 9.85. The minimum absolute atomic E-state index is 0.141. The largest absolute Gasteiger partial charge is 0.455 e. The first kappa shape index (κ1) is 34.1. The van der Waals surface area contributed by atoms with E-state index < -0.39 is 0 Å². The van der Waals surface area contributed by atoms with Gasteiger partial charge in [0.1, 0.15) is 22.3 Å². The highest BCUT2D eigenvalue weighted by atomic mass is 16.3. The average Bonchev–Trinajstić information content (AvgIpc) is 4.05. The molecule has 0 saturated carbocycles. The van der Waals surface area contributed by atoms with Crippen LogP contribution in [0.25, 0.3) is 99.5 Å². The van der Waals surface area contributed by atoms with Crippen LogP contribution in [0.2, 0.25) is 0 Å². The van der Waals surface area contributed by atoms with Crippen LogP contribution in [0.5, 0.6) is 0 Å². The molecule has 66 heavy (non-hydrogen) atoms. The van der Waals surface area contributed by atoms with Gasteiger partial charge in [0.05, 0.1) is 11.2 Å². The lowest BCUT2D eigenvalue weighted by Gasteiger charge is -2.30. The van der Waals surface area contributed by atoms with Gasteiger partial charge in [0, 0.05) is 55.0 Å². The number of furan rings is 2. The first-order valence-electron chi connectivity index (χ1n) is 24.4. The second kappa shape index (κ2) is 14.8. The van der Waals surface area contributed by atoms with Crippen molar-refractivity contribution in [1.82, 2.24) is 0 Å². The maximum Gasteiger partial charge on any atom is 0.143 e. The number of para-hydroxylation sites is 4. The summed E-state index contributed by atoms with van der Waals surface area (Å²) in [6, 6.07) is 67.3. The third kappa shape index (κ3) is 5.97. The molecule has 0 amide bonds. The summed E-state index contributed by atoms with van der Waals surface area (Å²) in [4.78, 5) is 2.21. The summed E-state index contributed by atoms with van der Waals surface area (Å²) in [6.45, 7) is 4.55. The second-order valence-corrected chi connectivity index (χ2v) is 17.7. The van der Waals surface area contributed by atoms with E-state index in [1.807, 2.05) is 91.0 Å². The SMILES string of the molecule is [2H]c1c([2H])c(-c2cccc3c2oc2ccccc23)c([2H])c([2H])c1-c1ccc(-c2ccccc2)cc1N(c1ccc(-c2cccc3c2oc2ccccc23)cc1)c1ccc2c(c1)C(C)(C)c1ccccc1-2. The summed E-state index contributed by atoms with van der Waals surface area (Å²) in [7, 11) is 0. The second-order valence-electron chi connectivity index (χ2n) is 17.7. The van der Waals surface area contributed by atoms with Crippen LogP contribution in [-0.2, 0) is 5.41 Å². The van der Waals surface area contributed by atoms with E-state index in [0.29, 0.717) is 28.0 Å². The van der Waals surface area contributed by atoms with Crippen molar-refractivity contribution in [1.29, 1.82) is 0 Å². The van der Waals surface area contributed by atoms with Gasteiger partial charge in [0.15, 0.2) is 0 Å². The number of hydrogen-bond donors (Lipinski definition) is 0. The lowest BCUT2D eigenvalue weighted by atomic mass is 9.82. The van der Waals surface area contributed by atoms with E-state index in [1.165, 1.54) is 22.3 Å². The van der Waals surface area contributed by atoms with E-state index in [9.17, 15) is 5.48 Å². The van der Waals surface area contributed by atoms with Gasteiger partial charge in [-0.3, -0.25) is 0 Å².